The maximum Gasteiger partial charge on any atom is 0.0516 e. The molecule has 0 spiro atoms. The molecule has 4 heteroatoms. The molecule has 0 amide bonds. The van der Waals surface area contributed by atoms with Crippen molar-refractivity contribution in [3.63, 3.8) is 0 Å². The van der Waals surface area contributed by atoms with Crippen LogP contribution in [0.25, 0.3) is 0 Å². The number of halogens is 1. The topological polar surface area (TPSA) is 29.3 Å². The van der Waals surface area contributed by atoms with Crippen molar-refractivity contribution in [3.05, 3.63) is 57.2 Å². The predicted molar refractivity (Wildman–Crippen MR) is 83.6 cm³/mol. The minimum absolute atomic E-state index is 0.733. The van der Waals surface area contributed by atoms with Gasteiger partial charge in [-0.3, -0.25) is 4.90 Å². The first-order chi connectivity index (χ1) is 9.28. The summed E-state index contributed by atoms with van der Waals surface area (Å²) in [5, 5.41) is 2.82. The van der Waals surface area contributed by atoms with Gasteiger partial charge in [0.15, 0.2) is 0 Å². The molecule has 0 saturated heterocycles. The Morgan fingerprint density at radius 1 is 1.16 bits per heavy atom. The van der Waals surface area contributed by atoms with E-state index in [-0.39, 0.29) is 0 Å². The lowest BCUT2D eigenvalue weighted by Crippen LogP contribution is -2.25. The maximum atomic E-state index is 5.98. The van der Waals surface area contributed by atoms with Crippen LogP contribution in [0.2, 0.25) is 5.02 Å². The molecule has 0 fully saturated rings. The van der Waals surface area contributed by atoms with Crippen LogP contribution < -0.4 is 5.73 Å². The van der Waals surface area contributed by atoms with Gasteiger partial charge in [0, 0.05) is 29.9 Å². The second kappa shape index (κ2) is 7.65. The Morgan fingerprint density at radius 2 is 1.95 bits per heavy atom. The summed E-state index contributed by atoms with van der Waals surface area (Å²) in [6, 6.07) is 12.6. The van der Waals surface area contributed by atoms with E-state index in [1.807, 2.05) is 17.5 Å². The van der Waals surface area contributed by atoms with Crippen molar-refractivity contribution in [2.45, 2.75) is 19.5 Å². The van der Waals surface area contributed by atoms with E-state index in [1.165, 1.54) is 10.4 Å². The number of nitrogens with zero attached hydrogens (tertiary/aromatic N) is 1. The molecule has 1 aromatic carbocycles. The summed E-state index contributed by atoms with van der Waals surface area (Å²) < 4.78 is 0. The van der Waals surface area contributed by atoms with Crippen molar-refractivity contribution in [3.8, 4) is 0 Å². The summed E-state index contributed by atoms with van der Waals surface area (Å²) in [7, 11) is 0. The van der Waals surface area contributed by atoms with Crippen molar-refractivity contribution in [2.75, 3.05) is 13.1 Å². The minimum Gasteiger partial charge on any atom is -0.330 e. The van der Waals surface area contributed by atoms with Gasteiger partial charge in [-0.1, -0.05) is 41.9 Å². The summed E-state index contributed by atoms with van der Waals surface area (Å²) in [6.45, 7) is 3.64. The van der Waals surface area contributed by atoms with Crippen LogP contribution >= 0.6 is 22.9 Å². The van der Waals surface area contributed by atoms with E-state index in [4.69, 9.17) is 17.3 Å². The average molecular weight is 295 g/mol. The highest BCUT2D eigenvalue weighted by Crippen LogP contribution is 2.21. The molecular weight excluding hydrogens is 276 g/mol. The van der Waals surface area contributed by atoms with Crippen LogP contribution in [-0.4, -0.2) is 18.0 Å². The van der Waals surface area contributed by atoms with E-state index < -0.39 is 0 Å². The fourth-order valence-corrected chi connectivity index (χ4v) is 3.14. The highest BCUT2D eigenvalue weighted by molar-refractivity contribution is 7.10. The first-order valence-electron chi connectivity index (χ1n) is 6.47. The van der Waals surface area contributed by atoms with Crippen LogP contribution in [0, 0.1) is 0 Å². The molecule has 2 rings (SSSR count). The van der Waals surface area contributed by atoms with Gasteiger partial charge in [0.25, 0.3) is 0 Å². The first kappa shape index (κ1) is 14.5. The number of rotatable bonds is 7. The predicted octanol–water partition coefficient (Wildman–Crippen LogP) is 3.75. The largest absolute Gasteiger partial charge is 0.330 e. The molecule has 2 nitrogen and oxygen atoms in total. The van der Waals surface area contributed by atoms with Gasteiger partial charge in [-0.2, -0.15) is 0 Å². The van der Waals surface area contributed by atoms with Crippen LogP contribution in [0.3, 0.4) is 0 Å². The van der Waals surface area contributed by atoms with Gasteiger partial charge >= 0.3 is 0 Å². The van der Waals surface area contributed by atoms with Crippen molar-refractivity contribution in [1.29, 1.82) is 0 Å². The Balaban J connectivity index is 1.99. The number of nitrogens with two attached hydrogens (primary N) is 1. The quantitative estimate of drug-likeness (QED) is 0.842. The van der Waals surface area contributed by atoms with Gasteiger partial charge in [0.1, 0.15) is 0 Å². The minimum atomic E-state index is 0.733. The van der Waals surface area contributed by atoms with Crippen LogP contribution in [0.5, 0.6) is 0 Å². The normalized spacial score (nSPS) is 11.1. The maximum absolute atomic E-state index is 5.98. The van der Waals surface area contributed by atoms with Crippen molar-refractivity contribution in [1.82, 2.24) is 4.90 Å². The van der Waals surface area contributed by atoms with E-state index in [9.17, 15) is 0 Å². The third-order valence-corrected chi connectivity index (χ3v) is 4.20. The van der Waals surface area contributed by atoms with Gasteiger partial charge in [0.2, 0.25) is 0 Å². The second-order valence-corrected chi connectivity index (χ2v) is 6.00. The fraction of sp³-hybridized carbons (Fsp3) is 0.333. The highest BCUT2D eigenvalue weighted by atomic mass is 35.5. The molecule has 1 aromatic heterocycles. The average Bonchev–Trinajstić information content (AvgIpc) is 2.82. The molecule has 0 aliphatic heterocycles. The van der Waals surface area contributed by atoms with Crippen molar-refractivity contribution in [2.24, 2.45) is 5.73 Å². The van der Waals surface area contributed by atoms with E-state index in [1.54, 1.807) is 11.3 Å². The summed E-state index contributed by atoms with van der Waals surface area (Å²) >= 11 is 7.70. The number of hydrogen-bond donors (Lipinski definition) is 1. The zero-order valence-corrected chi connectivity index (χ0v) is 12.5. The van der Waals surface area contributed by atoms with Gasteiger partial charge in [-0.25, -0.2) is 0 Å². The van der Waals surface area contributed by atoms with Gasteiger partial charge < -0.3 is 5.73 Å². The second-order valence-electron chi connectivity index (χ2n) is 4.57. The molecule has 0 atom stereocenters. The monoisotopic (exact) mass is 294 g/mol. The number of benzene rings is 1. The zero-order valence-electron chi connectivity index (χ0n) is 10.9. The van der Waals surface area contributed by atoms with Crippen molar-refractivity contribution >= 4 is 22.9 Å². The summed E-state index contributed by atoms with van der Waals surface area (Å²) in [4.78, 5) is 3.72. The Kier molecular flexibility index (Phi) is 5.86. The first-order valence-corrected chi connectivity index (χ1v) is 7.73. The molecule has 0 radical (unpaired) electrons. The SMILES string of the molecule is NCCCN(Cc1ccccc1)Cc1cc(Cl)cs1. The molecule has 2 N–H and O–H groups in total. The molecule has 1 heterocycles. The summed E-state index contributed by atoms with van der Waals surface area (Å²) in [5.41, 5.74) is 6.96. The fourth-order valence-electron chi connectivity index (χ4n) is 2.03. The Morgan fingerprint density at radius 3 is 2.58 bits per heavy atom. The molecule has 0 saturated carbocycles. The third-order valence-electron chi connectivity index (χ3n) is 2.93. The zero-order chi connectivity index (χ0) is 13.5. The van der Waals surface area contributed by atoms with E-state index >= 15 is 0 Å². The Bertz CT molecular complexity index is 484. The summed E-state index contributed by atoms with van der Waals surface area (Å²) in [5.74, 6) is 0. The van der Waals surface area contributed by atoms with Gasteiger partial charge in [0.05, 0.1) is 5.02 Å². The molecule has 0 aliphatic carbocycles. The molecule has 2 aromatic rings. The number of thiophene rings is 1. The Labute approximate surface area is 123 Å². The van der Waals surface area contributed by atoms with E-state index in [0.717, 1.165) is 37.6 Å². The summed E-state index contributed by atoms with van der Waals surface area (Å²) in [6.07, 6.45) is 1.02. The smallest absolute Gasteiger partial charge is 0.0516 e. The molecule has 0 aliphatic rings. The highest BCUT2D eigenvalue weighted by Gasteiger charge is 2.08. The van der Waals surface area contributed by atoms with Gasteiger partial charge in [-0.15, -0.1) is 11.3 Å². The standard InChI is InChI=1S/C15H19ClN2S/c16-14-9-15(19-12-14)11-18(8-4-7-17)10-13-5-2-1-3-6-13/h1-3,5-6,9,12H,4,7-8,10-11,17H2. The Hall–Kier alpha value is -0.870. The molecular formula is C15H19ClN2S. The lowest BCUT2D eigenvalue weighted by atomic mass is 10.2. The van der Waals surface area contributed by atoms with E-state index in [2.05, 4.69) is 29.2 Å². The van der Waals surface area contributed by atoms with Crippen LogP contribution in [0.4, 0.5) is 0 Å². The molecule has 19 heavy (non-hydrogen) atoms. The molecule has 102 valence electrons. The molecule has 0 bridgehead atoms. The number of hydrogen-bond acceptors (Lipinski definition) is 3. The lowest BCUT2D eigenvalue weighted by molar-refractivity contribution is 0.257. The van der Waals surface area contributed by atoms with Crippen LogP contribution in [0.15, 0.2) is 41.8 Å². The third kappa shape index (κ3) is 4.96. The van der Waals surface area contributed by atoms with Gasteiger partial charge in [-0.05, 0) is 24.6 Å². The van der Waals surface area contributed by atoms with E-state index in [0.29, 0.717) is 0 Å². The molecule has 0 unspecified atom stereocenters. The van der Waals surface area contributed by atoms with Crippen molar-refractivity contribution < 1.29 is 0 Å². The lowest BCUT2D eigenvalue weighted by Gasteiger charge is -2.21. The van der Waals surface area contributed by atoms with Crippen LogP contribution in [-0.2, 0) is 13.1 Å². The van der Waals surface area contributed by atoms with Crippen LogP contribution in [0.1, 0.15) is 16.9 Å².